The smallest absolute Gasteiger partial charge is 0.268 e. The topological polar surface area (TPSA) is 62.7 Å². The maximum Gasteiger partial charge on any atom is 0.268 e. The van der Waals surface area contributed by atoms with Crippen molar-refractivity contribution < 1.29 is 4.52 Å². The Morgan fingerprint density at radius 1 is 1.33 bits per heavy atom. The zero-order valence-electron chi connectivity index (χ0n) is 10.7. The van der Waals surface area contributed by atoms with Crippen LogP contribution in [-0.4, -0.2) is 10.1 Å². The second-order valence-corrected chi connectivity index (χ2v) is 5.51. The highest BCUT2D eigenvalue weighted by Crippen LogP contribution is 2.24. The van der Waals surface area contributed by atoms with Gasteiger partial charge in [0.25, 0.3) is 5.89 Å². The van der Waals surface area contributed by atoms with Crippen LogP contribution < -0.4 is 0 Å². The normalized spacial score (nSPS) is 11.3. The molecule has 0 bridgehead atoms. The standard InChI is InChI=1S/C15H8ClN3OS/c16-12-4-1-3-10(8-12)7-11(9-17)15-18-14(19-20-15)13-5-2-6-21-13/h1-8H/b11-7+. The second kappa shape index (κ2) is 5.92. The van der Waals surface area contributed by atoms with Crippen molar-refractivity contribution in [2.45, 2.75) is 0 Å². The molecule has 0 aliphatic carbocycles. The molecule has 4 nitrogen and oxygen atoms in total. The lowest BCUT2D eigenvalue weighted by Crippen LogP contribution is -1.83. The molecule has 0 radical (unpaired) electrons. The van der Waals surface area contributed by atoms with E-state index in [0.29, 0.717) is 16.4 Å². The maximum absolute atomic E-state index is 9.27. The van der Waals surface area contributed by atoms with Gasteiger partial charge in [-0.3, -0.25) is 0 Å². The van der Waals surface area contributed by atoms with Crippen molar-refractivity contribution in [3.8, 4) is 16.8 Å². The van der Waals surface area contributed by atoms with Crippen molar-refractivity contribution in [3.05, 3.63) is 58.3 Å². The lowest BCUT2D eigenvalue weighted by atomic mass is 10.1. The number of allylic oxidation sites excluding steroid dienone is 1. The third kappa shape index (κ3) is 3.02. The van der Waals surface area contributed by atoms with E-state index in [2.05, 4.69) is 16.2 Å². The molecule has 102 valence electrons. The minimum Gasteiger partial charge on any atom is -0.333 e. The van der Waals surface area contributed by atoms with Gasteiger partial charge in [-0.25, -0.2) is 0 Å². The summed E-state index contributed by atoms with van der Waals surface area (Å²) in [5.41, 5.74) is 1.10. The van der Waals surface area contributed by atoms with Crippen LogP contribution in [0.15, 0.2) is 46.3 Å². The fourth-order valence-electron chi connectivity index (χ4n) is 1.74. The molecular weight excluding hydrogens is 306 g/mol. The van der Waals surface area contributed by atoms with Gasteiger partial charge < -0.3 is 4.52 Å². The maximum atomic E-state index is 9.27. The van der Waals surface area contributed by atoms with Gasteiger partial charge in [0.1, 0.15) is 11.6 Å². The molecule has 0 fully saturated rings. The van der Waals surface area contributed by atoms with Crippen LogP contribution in [0.5, 0.6) is 0 Å². The van der Waals surface area contributed by atoms with Gasteiger partial charge in [0.2, 0.25) is 5.82 Å². The molecule has 0 amide bonds. The first-order valence-corrected chi connectivity index (χ1v) is 7.27. The third-order valence-electron chi connectivity index (χ3n) is 2.68. The van der Waals surface area contributed by atoms with E-state index < -0.39 is 0 Å². The summed E-state index contributed by atoms with van der Waals surface area (Å²) in [5, 5.41) is 15.7. The van der Waals surface area contributed by atoms with Crippen LogP contribution >= 0.6 is 22.9 Å². The summed E-state index contributed by atoms with van der Waals surface area (Å²) in [6.45, 7) is 0. The quantitative estimate of drug-likeness (QED) is 0.667. The zero-order chi connectivity index (χ0) is 14.7. The molecule has 0 N–H and O–H groups in total. The molecule has 6 heteroatoms. The third-order valence-corrected chi connectivity index (χ3v) is 3.78. The van der Waals surface area contributed by atoms with Crippen LogP contribution in [0.1, 0.15) is 11.5 Å². The molecule has 2 heterocycles. The highest BCUT2D eigenvalue weighted by atomic mass is 35.5. The molecule has 0 saturated carbocycles. The van der Waals surface area contributed by atoms with E-state index in [1.165, 1.54) is 11.3 Å². The molecule has 3 aromatic rings. The lowest BCUT2D eigenvalue weighted by Gasteiger charge is -1.95. The highest BCUT2D eigenvalue weighted by molar-refractivity contribution is 7.13. The Kier molecular flexibility index (Phi) is 3.82. The summed E-state index contributed by atoms with van der Waals surface area (Å²) in [5.74, 6) is 0.674. The number of nitriles is 1. The van der Waals surface area contributed by atoms with Crippen LogP contribution in [0.25, 0.3) is 22.4 Å². The van der Waals surface area contributed by atoms with Gasteiger partial charge in [0, 0.05) is 5.02 Å². The van der Waals surface area contributed by atoms with E-state index >= 15 is 0 Å². The van der Waals surface area contributed by atoms with Crippen molar-refractivity contribution >= 4 is 34.6 Å². The van der Waals surface area contributed by atoms with Crippen molar-refractivity contribution in [3.63, 3.8) is 0 Å². The summed E-state index contributed by atoms with van der Waals surface area (Å²) < 4.78 is 5.17. The van der Waals surface area contributed by atoms with E-state index in [1.54, 1.807) is 18.2 Å². The number of thiophene rings is 1. The van der Waals surface area contributed by atoms with Crippen LogP contribution in [0.3, 0.4) is 0 Å². The van der Waals surface area contributed by atoms with Crippen molar-refractivity contribution in [2.24, 2.45) is 0 Å². The molecule has 0 aliphatic rings. The monoisotopic (exact) mass is 313 g/mol. The van der Waals surface area contributed by atoms with E-state index in [0.717, 1.165) is 10.4 Å². The molecule has 0 atom stereocenters. The van der Waals surface area contributed by atoms with Gasteiger partial charge in [-0.2, -0.15) is 10.2 Å². The van der Waals surface area contributed by atoms with E-state index in [1.807, 2.05) is 29.6 Å². The van der Waals surface area contributed by atoms with Gasteiger partial charge in [-0.05, 0) is 35.2 Å². The number of rotatable bonds is 3. The Morgan fingerprint density at radius 2 is 2.24 bits per heavy atom. The minimum absolute atomic E-state index is 0.195. The predicted molar refractivity (Wildman–Crippen MR) is 82.5 cm³/mol. The average Bonchev–Trinajstić information content (AvgIpc) is 3.15. The minimum atomic E-state index is 0.195. The zero-order valence-corrected chi connectivity index (χ0v) is 12.2. The average molecular weight is 314 g/mol. The van der Waals surface area contributed by atoms with Crippen LogP contribution in [0, 0.1) is 11.3 Å². The lowest BCUT2D eigenvalue weighted by molar-refractivity contribution is 0.409. The Balaban J connectivity index is 1.96. The Labute approximate surface area is 129 Å². The number of halogens is 1. The largest absolute Gasteiger partial charge is 0.333 e. The fourth-order valence-corrected chi connectivity index (χ4v) is 2.59. The van der Waals surface area contributed by atoms with Crippen LogP contribution in [0.4, 0.5) is 0 Å². The molecule has 2 aromatic heterocycles. The number of nitrogens with zero attached hydrogens (tertiary/aromatic N) is 3. The molecule has 0 spiro atoms. The molecular formula is C15H8ClN3OS. The number of hydrogen-bond acceptors (Lipinski definition) is 5. The number of hydrogen-bond donors (Lipinski definition) is 0. The van der Waals surface area contributed by atoms with E-state index in [9.17, 15) is 5.26 Å². The molecule has 0 aliphatic heterocycles. The SMILES string of the molecule is N#C/C(=C\c1cccc(Cl)c1)c1nc(-c2cccs2)no1. The molecule has 21 heavy (non-hydrogen) atoms. The molecule has 0 unspecified atom stereocenters. The fraction of sp³-hybridized carbons (Fsp3) is 0. The molecule has 0 saturated heterocycles. The Bertz CT molecular complexity index is 831. The second-order valence-electron chi connectivity index (χ2n) is 4.13. The summed E-state index contributed by atoms with van der Waals surface area (Å²) >= 11 is 7.44. The van der Waals surface area contributed by atoms with Crippen LogP contribution in [-0.2, 0) is 0 Å². The number of aromatic nitrogens is 2. The van der Waals surface area contributed by atoms with Gasteiger partial charge in [-0.1, -0.05) is 35.0 Å². The van der Waals surface area contributed by atoms with E-state index in [4.69, 9.17) is 16.1 Å². The van der Waals surface area contributed by atoms with Crippen molar-refractivity contribution in [1.82, 2.24) is 10.1 Å². The highest BCUT2D eigenvalue weighted by Gasteiger charge is 2.13. The predicted octanol–water partition coefficient (Wildman–Crippen LogP) is 4.52. The Hall–Kier alpha value is -2.42. The molecule has 1 aromatic carbocycles. The first-order valence-electron chi connectivity index (χ1n) is 6.01. The van der Waals surface area contributed by atoms with Crippen LogP contribution in [0.2, 0.25) is 5.02 Å². The van der Waals surface area contributed by atoms with Gasteiger partial charge in [0.05, 0.1) is 4.88 Å². The number of benzene rings is 1. The van der Waals surface area contributed by atoms with Gasteiger partial charge >= 0.3 is 0 Å². The van der Waals surface area contributed by atoms with Crippen molar-refractivity contribution in [1.29, 1.82) is 5.26 Å². The Morgan fingerprint density at radius 3 is 2.95 bits per heavy atom. The first-order chi connectivity index (χ1) is 10.3. The first kappa shape index (κ1) is 13.6. The van der Waals surface area contributed by atoms with E-state index in [-0.39, 0.29) is 5.89 Å². The summed E-state index contributed by atoms with van der Waals surface area (Å²) in [7, 11) is 0. The summed E-state index contributed by atoms with van der Waals surface area (Å²) in [6.07, 6.45) is 1.66. The van der Waals surface area contributed by atoms with Crippen molar-refractivity contribution in [2.75, 3.05) is 0 Å². The van der Waals surface area contributed by atoms with Gasteiger partial charge in [-0.15, -0.1) is 11.3 Å². The summed E-state index contributed by atoms with van der Waals surface area (Å²) in [6, 6.07) is 13.1. The summed E-state index contributed by atoms with van der Waals surface area (Å²) in [4.78, 5) is 5.14. The van der Waals surface area contributed by atoms with Gasteiger partial charge in [0.15, 0.2) is 0 Å². The molecule has 3 rings (SSSR count).